The minimum Gasteiger partial charge on any atom is -0.480 e. The number of aromatic nitrogens is 1. The smallest absolute Gasteiger partial charge is 0.323 e. The summed E-state index contributed by atoms with van der Waals surface area (Å²) in [6.45, 7) is 0.236. The van der Waals surface area contributed by atoms with Gasteiger partial charge in [-0.1, -0.05) is 18.2 Å². The van der Waals surface area contributed by atoms with Crippen LogP contribution in [0.2, 0.25) is 0 Å². The number of carboxylic acid groups (broad SMARTS) is 3. The number of thiocarbonyl (C=S) groups is 1. The van der Waals surface area contributed by atoms with Crippen molar-refractivity contribution in [2.24, 2.45) is 4.99 Å². The van der Waals surface area contributed by atoms with E-state index in [1.807, 2.05) is 0 Å². The van der Waals surface area contributed by atoms with E-state index in [1.165, 1.54) is 0 Å². The fourth-order valence-corrected chi connectivity index (χ4v) is 4.11. The van der Waals surface area contributed by atoms with Gasteiger partial charge in [0.25, 0.3) is 0 Å². The van der Waals surface area contributed by atoms with Gasteiger partial charge in [-0.15, -0.1) is 0 Å². The lowest BCUT2D eigenvalue weighted by Crippen LogP contribution is -2.43. The van der Waals surface area contributed by atoms with Crippen molar-refractivity contribution in [1.82, 2.24) is 19.7 Å². The van der Waals surface area contributed by atoms with Crippen molar-refractivity contribution in [2.45, 2.75) is 13.1 Å². The van der Waals surface area contributed by atoms with Gasteiger partial charge in [0, 0.05) is 31.9 Å². The molecule has 0 amide bonds. The summed E-state index contributed by atoms with van der Waals surface area (Å²) < 4.78 is 0. The second kappa shape index (κ2) is 13.4. The summed E-state index contributed by atoms with van der Waals surface area (Å²) in [4.78, 5) is 48.4. The molecular weight excluding hydrogens is 498 g/mol. The highest BCUT2D eigenvalue weighted by atomic mass is 32.1. The predicted octanol–water partition coefficient (Wildman–Crippen LogP) is 2.03. The van der Waals surface area contributed by atoms with Gasteiger partial charge < -0.3 is 20.2 Å². The molecule has 0 fully saturated rings. The number of isothiocyanates is 1. The van der Waals surface area contributed by atoms with Gasteiger partial charge in [0.05, 0.1) is 41.9 Å². The van der Waals surface area contributed by atoms with Gasteiger partial charge in [-0.2, -0.15) is 4.99 Å². The largest absolute Gasteiger partial charge is 0.480 e. The molecule has 2 heterocycles. The van der Waals surface area contributed by atoms with E-state index in [4.69, 9.17) is 0 Å². The minimum atomic E-state index is -1.05. The van der Waals surface area contributed by atoms with Gasteiger partial charge in [0.1, 0.15) is 6.54 Å². The van der Waals surface area contributed by atoms with Crippen molar-refractivity contribution < 1.29 is 29.7 Å². The first-order valence-corrected chi connectivity index (χ1v) is 11.8. The van der Waals surface area contributed by atoms with E-state index in [9.17, 15) is 29.7 Å². The summed E-state index contributed by atoms with van der Waals surface area (Å²) in [6.07, 6.45) is 1.80. The Morgan fingerprint density at radius 3 is 2.00 bits per heavy atom. The number of benzene rings is 1. The molecule has 11 nitrogen and oxygen atoms in total. The zero-order chi connectivity index (χ0) is 26.8. The van der Waals surface area contributed by atoms with Crippen LogP contribution in [0.4, 0.5) is 5.69 Å². The lowest BCUT2D eigenvalue weighted by molar-refractivity contribution is -0.140. The third kappa shape index (κ3) is 9.21. The van der Waals surface area contributed by atoms with Crippen molar-refractivity contribution >= 4 is 47.1 Å². The van der Waals surface area contributed by atoms with E-state index in [0.29, 0.717) is 22.8 Å². The Labute approximate surface area is 219 Å². The molecule has 2 aromatic rings. The van der Waals surface area contributed by atoms with Gasteiger partial charge >= 0.3 is 17.9 Å². The number of pyridine rings is 1. The summed E-state index contributed by atoms with van der Waals surface area (Å²) >= 11 is 4.64. The molecule has 1 aromatic carbocycles. The zero-order valence-electron chi connectivity index (χ0n) is 20.0. The van der Waals surface area contributed by atoms with Crippen LogP contribution >= 0.6 is 12.2 Å². The molecule has 0 saturated carbocycles. The molecule has 0 spiro atoms. The summed E-state index contributed by atoms with van der Waals surface area (Å²) in [5, 5.41) is 30.8. The lowest BCUT2D eigenvalue weighted by atomic mass is 10.1. The molecule has 0 radical (unpaired) electrons. The first kappa shape index (κ1) is 27.6. The first-order chi connectivity index (χ1) is 17.7. The number of fused-ring (bicyclic) bond motifs is 2. The maximum Gasteiger partial charge on any atom is 0.323 e. The van der Waals surface area contributed by atoms with Gasteiger partial charge in [0.15, 0.2) is 0 Å². The highest BCUT2D eigenvalue weighted by Gasteiger charge is 2.22. The molecule has 0 saturated heterocycles. The molecule has 0 aliphatic carbocycles. The first-order valence-electron chi connectivity index (χ1n) is 11.4. The van der Waals surface area contributed by atoms with Crippen molar-refractivity contribution in [3.63, 3.8) is 0 Å². The van der Waals surface area contributed by atoms with E-state index in [0.717, 1.165) is 5.56 Å². The van der Waals surface area contributed by atoms with Crippen LogP contribution in [0.1, 0.15) is 17.0 Å². The van der Waals surface area contributed by atoms with Crippen molar-refractivity contribution in [1.29, 1.82) is 0 Å². The van der Waals surface area contributed by atoms with Crippen LogP contribution < -0.4 is 0 Å². The second-order valence-electron chi connectivity index (χ2n) is 8.51. The Morgan fingerprint density at radius 2 is 1.43 bits per heavy atom. The molecule has 2 bridgehead atoms. The Morgan fingerprint density at radius 1 is 0.865 bits per heavy atom. The van der Waals surface area contributed by atoms with E-state index in [2.05, 4.69) is 27.4 Å². The molecule has 3 N–H and O–H groups in total. The summed E-state index contributed by atoms with van der Waals surface area (Å²) in [6, 6.07) is 12.4. The van der Waals surface area contributed by atoms with Gasteiger partial charge in [0.2, 0.25) is 0 Å². The average Bonchev–Trinajstić information content (AvgIpc) is 2.81. The van der Waals surface area contributed by atoms with Crippen molar-refractivity contribution in [3.8, 4) is 0 Å². The molecule has 1 aliphatic rings. The van der Waals surface area contributed by atoms with Crippen molar-refractivity contribution in [2.75, 3.05) is 39.3 Å². The van der Waals surface area contributed by atoms with Crippen LogP contribution in [0.25, 0.3) is 6.08 Å². The summed E-state index contributed by atoms with van der Waals surface area (Å²) in [7, 11) is 0. The van der Waals surface area contributed by atoms with Gasteiger partial charge in [-0.05, 0) is 48.1 Å². The van der Waals surface area contributed by atoms with Gasteiger partial charge in [-0.25, -0.2) is 0 Å². The molecular formula is C25H27N5O6S. The molecule has 194 valence electrons. The summed E-state index contributed by atoms with van der Waals surface area (Å²) in [5.74, 6) is -3.09. The Hall–Kier alpha value is -3.96. The maximum absolute atomic E-state index is 11.8. The fraction of sp³-hybridized carbons (Fsp3) is 0.320. The molecule has 12 heteroatoms. The van der Waals surface area contributed by atoms with Crippen LogP contribution in [-0.4, -0.2) is 97.3 Å². The van der Waals surface area contributed by atoms with E-state index in [-0.39, 0.29) is 52.4 Å². The maximum atomic E-state index is 11.8. The predicted molar refractivity (Wildman–Crippen MR) is 138 cm³/mol. The number of aliphatic carboxylic acids is 3. The van der Waals surface area contributed by atoms with Gasteiger partial charge in [-0.3, -0.25) is 29.2 Å². The Bertz CT molecular complexity index is 1210. The third-order valence-electron chi connectivity index (χ3n) is 5.57. The van der Waals surface area contributed by atoms with E-state index < -0.39 is 17.9 Å². The SMILES string of the molecule is O=C(O)CN1CCN(CC(=O)O)Cc2cccc(n2)CN(CC(=O)O)/C(=C/c2ccc(N=C=S)cc2)C1. The number of rotatable bonds is 8. The average molecular weight is 526 g/mol. The Kier molecular flexibility index (Phi) is 9.99. The molecule has 0 atom stereocenters. The molecule has 0 unspecified atom stereocenters. The van der Waals surface area contributed by atoms with Crippen LogP contribution in [-0.2, 0) is 27.5 Å². The monoisotopic (exact) mass is 525 g/mol. The number of carbonyl (C=O) groups is 3. The number of hydrogen-bond donors (Lipinski definition) is 3. The fourth-order valence-electron chi connectivity index (χ4n) is 4.00. The van der Waals surface area contributed by atoms with E-state index in [1.54, 1.807) is 63.2 Å². The summed E-state index contributed by atoms with van der Waals surface area (Å²) in [5.41, 5.74) is 3.19. The quantitative estimate of drug-likeness (QED) is 0.344. The number of hydrogen-bond acceptors (Lipinski definition) is 9. The highest BCUT2D eigenvalue weighted by molar-refractivity contribution is 7.78. The lowest BCUT2D eigenvalue weighted by Gasteiger charge is -2.32. The number of aliphatic imine (C=N–C) groups is 1. The van der Waals surface area contributed by atoms with Crippen LogP contribution in [0, 0.1) is 0 Å². The van der Waals surface area contributed by atoms with E-state index >= 15 is 0 Å². The minimum absolute atomic E-state index is 0.125. The Balaban J connectivity index is 2.07. The normalized spacial score (nSPS) is 16.3. The standard InChI is InChI=1S/C25H27N5O6S/c31-23(32)14-28-8-9-29(15-24(33)34)13-22(10-18-4-6-19(7-5-18)26-17-37)30(16-25(35)36)12-21-3-1-2-20(11-28)27-21/h1-7,10H,8-9,11-16H2,(H,31,32)(H,33,34)(H,35,36)/b22-10+. The second-order valence-corrected chi connectivity index (χ2v) is 8.69. The van der Waals surface area contributed by atoms with Crippen molar-refractivity contribution in [3.05, 3.63) is 65.1 Å². The zero-order valence-corrected chi connectivity index (χ0v) is 20.8. The molecule has 1 aliphatic heterocycles. The molecule has 3 rings (SSSR count). The molecule has 1 aromatic heterocycles. The van der Waals surface area contributed by atoms with Crippen LogP contribution in [0.5, 0.6) is 0 Å². The number of carboxylic acids is 3. The number of nitrogens with zero attached hydrogens (tertiary/aromatic N) is 5. The van der Waals surface area contributed by atoms with Crippen LogP contribution in [0.15, 0.2) is 53.2 Å². The molecule has 37 heavy (non-hydrogen) atoms. The van der Waals surface area contributed by atoms with Crippen LogP contribution in [0.3, 0.4) is 0 Å². The topological polar surface area (TPSA) is 147 Å². The third-order valence-corrected chi connectivity index (χ3v) is 5.66. The highest BCUT2D eigenvalue weighted by Crippen LogP contribution is 2.20.